The van der Waals surface area contributed by atoms with Crippen LogP contribution in [0.4, 0.5) is 0 Å². The maximum Gasteiger partial charge on any atom is 0.222 e. The largest absolute Gasteiger partial charge is 0.361 e. The normalized spacial score (nSPS) is 22.2. The highest BCUT2D eigenvalue weighted by Gasteiger charge is 2.51. The minimum atomic E-state index is 0.332. The predicted octanol–water partition coefficient (Wildman–Crippen LogP) is 6.11. The number of fused-ring (bicyclic) bond motifs is 2. The molecule has 3 aliphatic rings. The van der Waals surface area contributed by atoms with Crippen LogP contribution < -0.4 is 0 Å². The lowest BCUT2D eigenvalue weighted by Gasteiger charge is -2.57. The van der Waals surface area contributed by atoms with E-state index in [0.29, 0.717) is 23.7 Å². The summed E-state index contributed by atoms with van der Waals surface area (Å²) in [7, 11) is 0. The third kappa shape index (κ3) is 4.01. The molecule has 2 unspecified atom stereocenters. The molecule has 1 aromatic carbocycles. The number of para-hydroxylation sites is 1. The van der Waals surface area contributed by atoms with E-state index in [-0.39, 0.29) is 0 Å². The van der Waals surface area contributed by atoms with E-state index >= 15 is 0 Å². The van der Waals surface area contributed by atoms with Gasteiger partial charge in [0.15, 0.2) is 0 Å². The number of amides is 1. The van der Waals surface area contributed by atoms with Gasteiger partial charge < -0.3 is 9.88 Å². The van der Waals surface area contributed by atoms with Gasteiger partial charge in [-0.2, -0.15) is 0 Å². The number of aromatic amines is 1. The molecular formula is C26H36N2O. The summed E-state index contributed by atoms with van der Waals surface area (Å²) >= 11 is 0. The number of allylic oxidation sites excluding steroid dienone is 1. The van der Waals surface area contributed by atoms with Crippen molar-refractivity contribution in [3.05, 3.63) is 47.7 Å². The van der Waals surface area contributed by atoms with Gasteiger partial charge in [-0.15, -0.1) is 0 Å². The zero-order chi connectivity index (χ0) is 20.4. The van der Waals surface area contributed by atoms with Crippen molar-refractivity contribution in [2.45, 2.75) is 65.7 Å². The first-order valence-electron chi connectivity index (χ1n) is 11.5. The van der Waals surface area contributed by atoms with E-state index in [1.807, 2.05) is 0 Å². The summed E-state index contributed by atoms with van der Waals surface area (Å²) in [6.07, 6.45) is 12.0. The van der Waals surface area contributed by atoms with E-state index in [9.17, 15) is 4.79 Å². The maximum absolute atomic E-state index is 13.1. The zero-order valence-corrected chi connectivity index (χ0v) is 18.3. The lowest BCUT2D eigenvalue weighted by Crippen LogP contribution is -2.50. The molecule has 2 atom stereocenters. The quantitative estimate of drug-likeness (QED) is 0.405. The van der Waals surface area contributed by atoms with Crippen molar-refractivity contribution >= 4 is 16.8 Å². The number of hydrogen-bond acceptors (Lipinski definition) is 1. The van der Waals surface area contributed by atoms with Crippen LogP contribution in [0.25, 0.3) is 10.9 Å². The number of benzene rings is 1. The van der Waals surface area contributed by atoms with Crippen LogP contribution in [-0.2, 0) is 11.2 Å². The van der Waals surface area contributed by atoms with Crippen molar-refractivity contribution in [1.29, 1.82) is 0 Å². The molecule has 3 aliphatic carbocycles. The van der Waals surface area contributed by atoms with E-state index in [2.05, 4.69) is 67.2 Å². The number of hydrogen-bond donors (Lipinski definition) is 1. The molecule has 1 saturated carbocycles. The molecule has 1 fully saturated rings. The summed E-state index contributed by atoms with van der Waals surface area (Å²) in [5.74, 6) is 1.84. The van der Waals surface area contributed by atoms with Gasteiger partial charge in [0.05, 0.1) is 0 Å². The standard InChI is InChI=1S/C26H36N2O/c1-4-5-6-11-25(29)28(18-20-12-13-21-16-23(20)26(21,2)3)15-14-19-17-27-24-10-8-7-9-22(19)24/h7-10,12,17,21,23,27H,4-6,11,13-16,18H2,1-3H3. The first-order valence-corrected chi connectivity index (χ1v) is 11.5. The predicted molar refractivity (Wildman–Crippen MR) is 121 cm³/mol. The van der Waals surface area contributed by atoms with E-state index < -0.39 is 0 Å². The summed E-state index contributed by atoms with van der Waals surface area (Å²) in [6, 6.07) is 8.45. The number of unbranched alkanes of at least 4 members (excludes halogenated alkanes) is 2. The molecule has 1 N–H and O–H groups in total. The summed E-state index contributed by atoms with van der Waals surface area (Å²) in [5.41, 5.74) is 4.42. The summed E-state index contributed by atoms with van der Waals surface area (Å²) in [4.78, 5) is 18.6. The molecule has 0 aliphatic heterocycles. The van der Waals surface area contributed by atoms with Gasteiger partial charge in [0.1, 0.15) is 0 Å². The highest BCUT2D eigenvalue weighted by atomic mass is 16.2. The summed E-state index contributed by atoms with van der Waals surface area (Å²) < 4.78 is 0. The van der Waals surface area contributed by atoms with Gasteiger partial charge in [0.25, 0.3) is 0 Å². The molecule has 1 aromatic heterocycles. The average Bonchev–Trinajstić information content (AvgIpc) is 3.14. The molecule has 5 rings (SSSR count). The Labute approximate surface area is 175 Å². The molecule has 0 radical (unpaired) electrons. The van der Waals surface area contributed by atoms with Gasteiger partial charge >= 0.3 is 0 Å². The Morgan fingerprint density at radius 2 is 2.07 bits per heavy atom. The number of nitrogens with one attached hydrogen (secondary N) is 1. The summed E-state index contributed by atoms with van der Waals surface area (Å²) in [6.45, 7) is 8.66. The Morgan fingerprint density at radius 3 is 2.83 bits per heavy atom. The molecular weight excluding hydrogens is 356 g/mol. The minimum Gasteiger partial charge on any atom is -0.361 e. The van der Waals surface area contributed by atoms with Crippen LogP contribution in [0.3, 0.4) is 0 Å². The van der Waals surface area contributed by atoms with E-state index in [0.717, 1.165) is 44.7 Å². The van der Waals surface area contributed by atoms with Crippen LogP contribution in [0, 0.1) is 17.3 Å². The van der Waals surface area contributed by atoms with Crippen LogP contribution in [0.15, 0.2) is 42.1 Å². The van der Waals surface area contributed by atoms with Crippen LogP contribution in [0.1, 0.15) is 64.9 Å². The average molecular weight is 393 g/mol. The van der Waals surface area contributed by atoms with Crippen LogP contribution in [0.5, 0.6) is 0 Å². The Kier molecular flexibility index (Phi) is 5.85. The van der Waals surface area contributed by atoms with Crippen LogP contribution in [-0.4, -0.2) is 28.9 Å². The fourth-order valence-electron chi connectivity index (χ4n) is 5.45. The SMILES string of the molecule is CCCCCC(=O)N(CCc1c[nH]c2ccccc12)CC1=CCC2CC1C2(C)C. The maximum atomic E-state index is 13.1. The highest BCUT2D eigenvalue weighted by molar-refractivity contribution is 5.83. The second kappa shape index (κ2) is 8.38. The van der Waals surface area contributed by atoms with Crippen molar-refractivity contribution in [2.24, 2.45) is 17.3 Å². The van der Waals surface area contributed by atoms with Gasteiger partial charge in [0.2, 0.25) is 5.91 Å². The van der Waals surface area contributed by atoms with Crippen molar-refractivity contribution in [3.8, 4) is 0 Å². The lowest BCUT2D eigenvalue weighted by atomic mass is 9.49. The van der Waals surface area contributed by atoms with Crippen molar-refractivity contribution in [2.75, 3.05) is 13.1 Å². The molecule has 0 spiro atoms. The number of carbonyl (C=O) groups excluding carboxylic acids is 1. The lowest BCUT2D eigenvalue weighted by molar-refractivity contribution is -0.131. The molecule has 29 heavy (non-hydrogen) atoms. The smallest absolute Gasteiger partial charge is 0.222 e. The van der Waals surface area contributed by atoms with E-state index in [4.69, 9.17) is 0 Å². The van der Waals surface area contributed by atoms with Gasteiger partial charge in [-0.3, -0.25) is 4.79 Å². The zero-order valence-electron chi connectivity index (χ0n) is 18.3. The van der Waals surface area contributed by atoms with Gasteiger partial charge in [0, 0.05) is 36.6 Å². The molecule has 3 nitrogen and oxygen atoms in total. The van der Waals surface area contributed by atoms with E-state index in [1.54, 1.807) is 0 Å². The van der Waals surface area contributed by atoms with Gasteiger partial charge in [-0.05, 0) is 54.6 Å². The molecule has 156 valence electrons. The number of nitrogens with zero attached hydrogens (tertiary/aromatic N) is 1. The van der Waals surface area contributed by atoms with Crippen LogP contribution >= 0.6 is 0 Å². The Morgan fingerprint density at radius 1 is 1.24 bits per heavy atom. The monoisotopic (exact) mass is 392 g/mol. The number of carbonyl (C=O) groups is 1. The van der Waals surface area contributed by atoms with Gasteiger partial charge in [-0.25, -0.2) is 0 Å². The fourth-order valence-corrected chi connectivity index (χ4v) is 5.45. The fraction of sp³-hybridized carbons (Fsp3) is 0.577. The first-order chi connectivity index (χ1) is 14.0. The van der Waals surface area contributed by atoms with Crippen molar-refractivity contribution < 1.29 is 4.79 Å². The second-order valence-corrected chi connectivity index (χ2v) is 9.70. The Bertz CT molecular complexity index is 891. The van der Waals surface area contributed by atoms with Crippen molar-refractivity contribution in [3.63, 3.8) is 0 Å². The minimum absolute atomic E-state index is 0.332. The Balaban J connectivity index is 1.46. The number of aromatic nitrogens is 1. The number of H-pyrrole nitrogens is 1. The third-order valence-electron chi connectivity index (χ3n) is 7.63. The molecule has 2 bridgehead atoms. The topological polar surface area (TPSA) is 36.1 Å². The van der Waals surface area contributed by atoms with Crippen molar-refractivity contribution in [1.82, 2.24) is 9.88 Å². The highest BCUT2D eigenvalue weighted by Crippen LogP contribution is 2.59. The molecule has 0 saturated heterocycles. The van der Waals surface area contributed by atoms with Crippen LogP contribution in [0.2, 0.25) is 0 Å². The first kappa shape index (κ1) is 20.3. The molecule has 1 heterocycles. The van der Waals surface area contributed by atoms with E-state index in [1.165, 1.54) is 34.9 Å². The van der Waals surface area contributed by atoms with Gasteiger partial charge in [-0.1, -0.05) is 63.5 Å². The second-order valence-electron chi connectivity index (χ2n) is 9.70. The number of rotatable bonds is 9. The Hall–Kier alpha value is -2.03. The summed E-state index contributed by atoms with van der Waals surface area (Å²) in [5, 5.41) is 1.28. The molecule has 3 heteroatoms. The molecule has 1 amide bonds. The molecule has 2 aromatic rings. The third-order valence-corrected chi connectivity index (χ3v) is 7.63.